The van der Waals surface area contributed by atoms with Crippen molar-refractivity contribution in [1.29, 1.82) is 0 Å². The van der Waals surface area contributed by atoms with E-state index in [0.29, 0.717) is 17.1 Å². The summed E-state index contributed by atoms with van der Waals surface area (Å²) in [6, 6.07) is 5.62. The van der Waals surface area contributed by atoms with Crippen molar-refractivity contribution in [2.45, 2.75) is 52.1 Å². The van der Waals surface area contributed by atoms with Crippen LogP contribution in [-0.2, 0) is 4.79 Å². The molecule has 1 aromatic rings. The SMILES string of the molecule is C=C(C)C(=O)Oc1ccc(C)cc1OC1CCCCC1. The third-order valence-electron chi connectivity index (χ3n) is 3.50. The van der Waals surface area contributed by atoms with E-state index in [4.69, 9.17) is 9.47 Å². The van der Waals surface area contributed by atoms with Crippen molar-refractivity contribution in [2.24, 2.45) is 0 Å². The van der Waals surface area contributed by atoms with Crippen molar-refractivity contribution in [3.05, 3.63) is 35.9 Å². The number of ether oxygens (including phenoxy) is 2. The summed E-state index contributed by atoms with van der Waals surface area (Å²) in [5.74, 6) is 0.725. The van der Waals surface area contributed by atoms with E-state index in [1.54, 1.807) is 13.0 Å². The minimum Gasteiger partial charge on any atom is -0.487 e. The van der Waals surface area contributed by atoms with Gasteiger partial charge in [-0.25, -0.2) is 4.79 Å². The van der Waals surface area contributed by atoms with Gasteiger partial charge in [-0.05, 0) is 57.2 Å². The average Bonchev–Trinajstić information content (AvgIpc) is 2.42. The van der Waals surface area contributed by atoms with E-state index < -0.39 is 5.97 Å². The van der Waals surface area contributed by atoms with Crippen LogP contribution in [0.3, 0.4) is 0 Å². The highest BCUT2D eigenvalue weighted by atomic mass is 16.6. The molecule has 0 amide bonds. The molecule has 1 saturated carbocycles. The van der Waals surface area contributed by atoms with E-state index in [1.165, 1.54) is 19.3 Å². The molecule has 2 rings (SSSR count). The normalized spacial score (nSPS) is 15.7. The summed E-state index contributed by atoms with van der Waals surface area (Å²) in [5.41, 5.74) is 1.47. The Morgan fingerprint density at radius 2 is 1.90 bits per heavy atom. The molecular formula is C17H22O3. The Bertz CT molecular complexity index is 499. The molecule has 0 radical (unpaired) electrons. The summed E-state index contributed by atoms with van der Waals surface area (Å²) in [4.78, 5) is 11.7. The van der Waals surface area contributed by atoms with Crippen molar-refractivity contribution in [2.75, 3.05) is 0 Å². The molecule has 0 N–H and O–H groups in total. The van der Waals surface area contributed by atoms with Crippen molar-refractivity contribution >= 4 is 5.97 Å². The lowest BCUT2D eigenvalue weighted by Crippen LogP contribution is -2.20. The largest absolute Gasteiger partial charge is 0.487 e. The number of hydrogen-bond acceptors (Lipinski definition) is 3. The van der Waals surface area contributed by atoms with E-state index in [0.717, 1.165) is 18.4 Å². The predicted molar refractivity (Wildman–Crippen MR) is 79.1 cm³/mol. The molecule has 0 spiro atoms. The zero-order valence-electron chi connectivity index (χ0n) is 12.3. The van der Waals surface area contributed by atoms with Crippen LogP contribution in [0, 0.1) is 6.92 Å². The second kappa shape index (κ2) is 6.60. The fourth-order valence-electron chi connectivity index (χ4n) is 2.34. The Morgan fingerprint density at radius 1 is 1.20 bits per heavy atom. The van der Waals surface area contributed by atoms with Crippen LogP contribution >= 0.6 is 0 Å². The average molecular weight is 274 g/mol. The molecular weight excluding hydrogens is 252 g/mol. The fraction of sp³-hybridized carbons (Fsp3) is 0.471. The molecule has 0 bridgehead atoms. The summed E-state index contributed by atoms with van der Waals surface area (Å²) < 4.78 is 11.4. The van der Waals surface area contributed by atoms with E-state index in [-0.39, 0.29) is 6.10 Å². The van der Waals surface area contributed by atoms with Gasteiger partial charge in [-0.3, -0.25) is 0 Å². The zero-order valence-corrected chi connectivity index (χ0v) is 12.3. The van der Waals surface area contributed by atoms with E-state index in [9.17, 15) is 4.79 Å². The van der Waals surface area contributed by atoms with Gasteiger partial charge in [0, 0.05) is 5.57 Å². The maximum atomic E-state index is 11.7. The Balaban J connectivity index is 2.14. The summed E-state index contributed by atoms with van der Waals surface area (Å²) in [6.45, 7) is 7.23. The molecule has 1 aliphatic carbocycles. The lowest BCUT2D eigenvalue weighted by atomic mass is 9.98. The fourth-order valence-corrected chi connectivity index (χ4v) is 2.34. The maximum Gasteiger partial charge on any atom is 0.338 e. The zero-order chi connectivity index (χ0) is 14.5. The number of carbonyl (C=O) groups is 1. The van der Waals surface area contributed by atoms with Gasteiger partial charge in [0.15, 0.2) is 11.5 Å². The van der Waals surface area contributed by atoms with Gasteiger partial charge in [0.25, 0.3) is 0 Å². The van der Waals surface area contributed by atoms with E-state index >= 15 is 0 Å². The minimum atomic E-state index is -0.414. The minimum absolute atomic E-state index is 0.229. The van der Waals surface area contributed by atoms with Crippen LogP contribution in [0.2, 0.25) is 0 Å². The number of hydrogen-bond donors (Lipinski definition) is 0. The Kier molecular flexibility index (Phi) is 4.83. The van der Waals surface area contributed by atoms with Crippen LogP contribution in [-0.4, -0.2) is 12.1 Å². The highest BCUT2D eigenvalue weighted by Gasteiger charge is 2.18. The summed E-state index contributed by atoms with van der Waals surface area (Å²) >= 11 is 0. The molecule has 20 heavy (non-hydrogen) atoms. The molecule has 3 nitrogen and oxygen atoms in total. The topological polar surface area (TPSA) is 35.5 Å². The van der Waals surface area contributed by atoms with Gasteiger partial charge in [-0.15, -0.1) is 0 Å². The summed E-state index contributed by atoms with van der Waals surface area (Å²) in [6.07, 6.45) is 6.07. The van der Waals surface area contributed by atoms with Crippen LogP contribution in [0.5, 0.6) is 11.5 Å². The third-order valence-corrected chi connectivity index (χ3v) is 3.50. The van der Waals surface area contributed by atoms with Gasteiger partial charge in [0.1, 0.15) is 0 Å². The first kappa shape index (κ1) is 14.6. The van der Waals surface area contributed by atoms with E-state index in [2.05, 4.69) is 6.58 Å². The summed E-state index contributed by atoms with van der Waals surface area (Å²) in [5, 5.41) is 0. The molecule has 0 aliphatic heterocycles. The quantitative estimate of drug-likeness (QED) is 0.469. The number of benzene rings is 1. The van der Waals surface area contributed by atoms with Gasteiger partial charge >= 0.3 is 5.97 Å². The predicted octanol–water partition coefficient (Wildman–Crippen LogP) is 4.19. The van der Waals surface area contributed by atoms with Gasteiger partial charge < -0.3 is 9.47 Å². The molecule has 1 aromatic carbocycles. The smallest absolute Gasteiger partial charge is 0.338 e. The van der Waals surface area contributed by atoms with Crippen molar-refractivity contribution in [3.8, 4) is 11.5 Å². The first-order chi connectivity index (χ1) is 9.56. The van der Waals surface area contributed by atoms with Gasteiger partial charge in [-0.2, -0.15) is 0 Å². The number of rotatable bonds is 4. The van der Waals surface area contributed by atoms with Crippen LogP contribution in [0.1, 0.15) is 44.6 Å². The van der Waals surface area contributed by atoms with Crippen LogP contribution in [0.15, 0.2) is 30.4 Å². The summed E-state index contributed by atoms with van der Waals surface area (Å²) in [7, 11) is 0. The number of carbonyl (C=O) groups excluding carboxylic acids is 1. The standard InChI is InChI=1S/C17H22O3/c1-12(2)17(18)20-15-10-9-13(3)11-16(15)19-14-7-5-4-6-8-14/h9-11,14H,1,4-8H2,2-3H3. The highest BCUT2D eigenvalue weighted by Crippen LogP contribution is 2.32. The lowest BCUT2D eigenvalue weighted by Gasteiger charge is -2.24. The molecule has 108 valence electrons. The molecule has 1 aliphatic rings. The molecule has 0 unspecified atom stereocenters. The first-order valence-electron chi connectivity index (χ1n) is 7.21. The van der Waals surface area contributed by atoms with Gasteiger partial charge in [0.05, 0.1) is 6.10 Å². The molecule has 0 saturated heterocycles. The number of aryl methyl sites for hydroxylation is 1. The van der Waals surface area contributed by atoms with Crippen LogP contribution < -0.4 is 9.47 Å². The van der Waals surface area contributed by atoms with E-state index in [1.807, 2.05) is 19.1 Å². The Morgan fingerprint density at radius 3 is 2.55 bits per heavy atom. The molecule has 0 atom stereocenters. The molecule has 0 heterocycles. The number of esters is 1. The highest BCUT2D eigenvalue weighted by molar-refractivity contribution is 5.89. The van der Waals surface area contributed by atoms with Crippen LogP contribution in [0.4, 0.5) is 0 Å². The van der Waals surface area contributed by atoms with Crippen LogP contribution in [0.25, 0.3) is 0 Å². The van der Waals surface area contributed by atoms with Gasteiger partial charge in [0.2, 0.25) is 0 Å². The Labute approximate surface area is 120 Å². The second-order valence-electron chi connectivity index (χ2n) is 5.50. The van der Waals surface area contributed by atoms with Crippen molar-refractivity contribution in [1.82, 2.24) is 0 Å². The molecule has 0 aromatic heterocycles. The Hall–Kier alpha value is -1.77. The second-order valence-corrected chi connectivity index (χ2v) is 5.50. The third kappa shape index (κ3) is 3.86. The monoisotopic (exact) mass is 274 g/mol. The molecule has 3 heteroatoms. The van der Waals surface area contributed by atoms with Gasteiger partial charge in [-0.1, -0.05) is 19.1 Å². The first-order valence-corrected chi connectivity index (χ1v) is 7.21. The molecule has 1 fully saturated rings. The van der Waals surface area contributed by atoms with Crippen molar-refractivity contribution in [3.63, 3.8) is 0 Å². The van der Waals surface area contributed by atoms with Crippen molar-refractivity contribution < 1.29 is 14.3 Å². The maximum absolute atomic E-state index is 11.7. The lowest BCUT2D eigenvalue weighted by molar-refractivity contribution is -0.130.